The van der Waals surface area contributed by atoms with Gasteiger partial charge in [0.2, 0.25) is 0 Å². The van der Waals surface area contributed by atoms with E-state index in [4.69, 9.17) is 5.73 Å². The molecule has 1 aromatic rings. The maximum absolute atomic E-state index is 11.7. The molecule has 0 aromatic carbocycles. The lowest BCUT2D eigenvalue weighted by Crippen LogP contribution is -2.43. The molecule has 6 nitrogen and oxygen atoms in total. The van der Waals surface area contributed by atoms with Gasteiger partial charge in [-0.15, -0.1) is 0 Å². The number of carbonyl (C=O) groups is 1. The van der Waals surface area contributed by atoms with Crippen molar-refractivity contribution in [3.8, 4) is 0 Å². The summed E-state index contributed by atoms with van der Waals surface area (Å²) in [6, 6.07) is 0.380. The number of carbonyl (C=O) groups excluding carboxylic acids is 1. The average molecular weight is 223 g/mol. The van der Waals surface area contributed by atoms with Crippen LogP contribution in [0.15, 0.2) is 6.20 Å². The molecule has 1 unspecified atom stereocenters. The summed E-state index contributed by atoms with van der Waals surface area (Å²) >= 11 is 0. The van der Waals surface area contributed by atoms with E-state index in [9.17, 15) is 4.79 Å². The number of aromatic amines is 1. The first-order valence-electron chi connectivity index (χ1n) is 5.58. The van der Waals surface area contributed by atoms with Crippen LogP contribution in [0.1, 0.15) is 29.6 Å². The fraction of sp³-hybridized carbons (Fsp3) is 0.600. The molecule has 6 heteroatoms. The third-order valence-electron chi connectivity index (χ3n) is 2.83. The molecule has 0 radical (unpaired) electrons. The number of piperidine rings is 1. The van der Waals surface area contributed by atoms with Gasteiger partial charge in [-0.05, 0) is 19.4 Å². The Balaban J connectivity index is 1.81. The van der Waals surface area contributed by atoms with E-state index < -0.39 is 0 Å². The molecule has 1 amide bonds. The van der Waals surface area contributed by atoms with Gasteiger partial charge in [-0.3, -0.25) is 9.89 Å². The van der Waals surface area contributed by atoms with Crippen molar-refractivity contribution in [3.63, 3.8) is 0 Å². The number of nitrogens with one attached hydrogen (secondary N) is 3. The van der Waals surface area contributed by atoms with Crippen molar-refractivity contribution in [1.29, 1.82) is 0 Å². The highest BCUT2D eigenvalue weighted by Gasteiger charge is 2.15. The monoisotopic (exact) mass is 223 g/mol. The van der Waals surface area contributed by atoms with E-state index in [0.29, 0.717) is 24.0 Å². The van der Waals surface area contributed by atoms with E-state index in [1.807, 2.05) is 0 Å². The Labute approximate surface area is 94.0 Å². The molecule has 16 heavy (non-hydrogen) atoms. The van der Waals surface area contributed by atoms with Crippen LogP contribution in [0.4, 0.5) is 5.82 Å². The molecule has 2 heterocycles. The van der Waals surface area contributed by atoms with Gasteiger partial charge in [-0.2, -0.15) is 5.10 Å². The Morgan fingerprint density at radius 2 is 2.50 bits per heavy atom. The molecule has 0 spiro atoms. The lowest BCUT2D eigenvalue weighted by molar-refractivity contribution is 0.0948. The fourth-order valence-electron chi connectivity index (χ4n) is 1.89. The molecule has 0 bridgehead atoms. The molecule has 88 valence electrons. The Bertz CT molecular complexity index is 356. The summed E-state index contributed by atoms with van der Waals surface area (Å²) in [4.78, 5) is 11.7. The summed E-state index contributed by atoms with van der Waals surface area (Å²) in [5.41, 5.74) is 5.97. The van der Waals surface area contributed by atoms with Crippen LogP contribution >= 0.6 is 0 Å². The molecule has 5 N–H and O–H groups in total. The maximum atomic E-state index is 11.7. The molecule has 2 rings (SSSR count). The highest BCUT2D eigenvalue weighted by molar-refractivity contribution is 5.98. The zero-order valence-corrected chi connectivity index (χ0v) is 9.12. The van der Waals surface area contributed by atoms with Crippen LogP contribution in [0.3, 0.4) is 0 Å². The van der Waals surface area contributed by atoms with Crippen LogP contribution in [0, 0.1) is 0 Å². The molecule has 1 atom stereocenters. The van der Waals surface area contributed by atoms with Gasteiger partial charge in [0, 0.05) is 12.6 Å². The van der Waals surface area contributed by atoms with Crippen LogP contribution in [-0.2, 0) is 0 Å². The van der Waals surface area contributed by atoms with Gasteiger partial charge in [0.15, 0.2) is 0 Å². The summed E-state index contributed by atoms with van der Waals surface area (Å²) < 4.78 is 0. The molecule has 1 aliphatic heterocycles. The van der Waals surface area contributed by atoms with Crippen molar-refractivity contribution in [2.45, 2.75) is 25.3 Å². The molecular weight excluding hydrogens is 206 g/mol. The topological polar surface area (TPSA) is 95.8 Å². The molecule has 1 fully saturated rings. The first kappa shape index (κ1) is 10.9. The van der Waals surface area contributed by atoms with E-state index in [0.717, 1.165) is 13.0 Å². The quantitative estimate of drug-likeness (QED) is 0.573. The van der Waals surface area contributed by atoms with E-state index in [1.165, 1.54) is 19.0 Å². The number of nitrogens with zero attached hydrogens (tertiary/aromatic N) is 1. The van der Waals surface area contributed by atoms with Crippen LogP contribution in [0.2, 0.25) is 0 Å². The fourth-order valence-corrected chi connectivity index (χ4v) is 1.89. The lowest BCUT2D eigenvalue weighted by Gasteiger charge is -2.23. The molecule has 0 saturated carbocycles. The summed E-state index contributed by atoms with van der Waals surface area (Å²) in [6.07, 6.45) is 5.00. The van der Waals surface area contributed by atoms with Crippen molar-refractivity contribution >= 4 is 11.7 Å². The van der Waals surface area contributed by atoms with Crippen LogP contribution in [0.25, 0.3) is 0 Å². The minimum atomic E-state index is -0.168. The maximum Gasteiger partial charge on any atom is 0.256 e. The van der Waals surface area contributed by atoms with Gasteiger partial charge in [0.25, 0.3) is 5.91 Å². The zero-order valence-electron chi connectivity index (χ0n) is 9.12. The first-order chi connectivity index (χ1) is 7.77. The van der Waals surface area contributed by atoms with E-state index >= 15 is 0 Å². The largest absolute Gasteiger partial charge is 0.383 e. The Morgan fingerprint density at radius 1 is 1.62 bits per heavy atom. The Kier molecular flexibility index (Phi) is 3.40. The van der Waals surface area contributed by atoms with Crippen LogP contribution < -0.4 is 16.4 Å². The number of anilines is 1. The zero-order chi connectivity index (χ0) is 11.4. The molecule has 1 saturated heterocycles. The van der Waals surface area contributed by atoms with Gasteiger partial charge in [-0.25, -0.2) is 0 Å². The molecule has 0 aliphatic carbocycles. The summed E-state index contributed by atoms with van der Waals surface area (Å²) in [6.45, 7) is 1.68. The summed E-state index contributed by atoms with van der Waals surface area (Å²) in [5.74, 6) is 0.146. The number of hydrogen-bond acceptors (Lipinski definition) is 4. The van der Waals surface area contributed by atoms with Crippen LogP contribution in [-0.4, -0.2) is 35.2 Å². The van der Waals surface area contributed by atoms with Gasteiger partial charge in [0.1, 0.15) is 11.4 Å². The van der Waals surface area contributed by atoms with Crippen molar-refractivity contribution in [3.05, 3.63) is 11.8 Å². The minimum Gasteiger partial charge on any atom is -0.383 e. The van der Waals surface area contributed by atoms with Crippen molar-refractivity contribution in [2.24, 2.45) is 0 Å². The van der Waals surface area contributed by atoms with Crippen molar-refractivity contribution in [2.75, 3.05) is 18.8 Å². The Hall–Kier alpha value is -1.56. The number of nitrogens with two attached hydrogens (primary N) is 1. The predicted octanol–water partition coefficient (Wildman–Crippen LogP) is -0.136. The smallest absolute Gasteiger partial charge is 0.256 e. The van der Waals surface area contributed by atoms with Crippen molar-refractivity contribution < 1.29 is 4.79 Å². The number of rotatable bonds is 3. The second-order valence-corrected chi connectivity index (χ2v) is 4.05. The number of amides is 1. The number of H-pyrrole nitrogens is 1. The van der Waals surface area contributed by atoms with Gasteiger partial charge < -0.3 is 16.4 Å². The van der Waals surface area contributed by atoms with Crippen molar-refractivity contribution in [1.82, 2.24) is 20.8 Å². The number of aromatic nitrogens is 2. The van der Waals surface area contributed by atoms with Gasteiger partial charge in [-0.1, -0.05) is 6.42 Å². The summed E-state index contributed by atoms with van der Waals surface area (Å²) in [7, 11) is 0. The van der Waals surface area contributed by atoms with E-state index in [-0.39, 0.29) is 5.91 Å². The third kappa shape index (κ3) is 2.52. The highest BCUT2D eigenvalue weighted by Crippen LogP contribution is 2.08. The number of hydrogen-bond donors (Lipinski definition) is 4. The summed E-state index contributed by atoms with van der Waals surface area (Å²) in [5, 5.41) is 12.5. The highest BCUT2D eigenvalue weighted by atomic mass is 16.1. The van der Waals surface area contributed by atoms with Gasteiger partial charge >= 0.3 is 0 Å². The normalized spacial score (nSPS) is 20.6. The third-order valence-corrected chi connectivity index (χ3v) is 2.83. The standard InChI is InChI=1S/C10H17N5O/c11-9-8(6-14-15-9)10(16)13-5-7-3-1-2-4-12-7/h6-7,12H,1-5H2,(H,13,16)(H3,11,14,15). The van der Waals surface area contributed by atoms with E-state index in [1.54, 1.807) is 0 Å². The SMILES string of the molecule is Nc1[nH]ncc1C(=O)NCC1CCCCN1. The molecule has 1 aromatic heterocycles. The first-order valence-corrected chi connectivity index (χ1v) is 5.58. The molecular formula is C10H17N5O. The average Bonchev–Trinajstić information content (AvgIpc) is 2.74. The van der Waals surface area contributed by atoms with Gasteiger partial charge in [0.05, 0.1) is 6.20 Å². The van der Waals surface area contributed by atoms with E-state index in [2.05, 4.69) is 20.8 Å². The lowest BCUT2D eigenvalue weighted by atomic mass is 10.1. The Morgan fingerprint density at radius 3 is 3.12 bits per heavy atom. The van der Waals surface area contributed by atoms with Crippen LogP contribution in [0.5, 0.6) is 0 Å². The second kappa shape index (κ2) is 4.98. The number of nitrogen functional groups attached to an aromatic ring is 1. The second-order valence-electron chi connectivity index (χ2n) is 4.05. The predicted molar refractivity (Wildman–Crippen MR) is 61.0 cm³/mol. The minimum absolute atomic E-state index is 0.168. The molecule has 1 aliphatic rings.